The fourth-order valence-corrected chi connectivity index (χ4v) is 4.77. The number of benzene rings is 2. The molecule has 0 saturated carbocycles. The molecule has 36 heavy (non-hydrogen) atoms. The zero-order chi connectivity index (χ0) is 24.9. The van der Waals surface area contributed by atoms with Crippen LogP contribution in [0.15, 0.2) is 102 Å². The summed E-state index contributed by atoms with van der Waals surface area (Å²) in [4.78, 5) is 17.2. The lowest BCUT2D eigenvalue weighted by Gasteiger charge is -2.12. The number of aryl methyl sites for hydroxylation is 1. The Balaban J connectivity index is 1.34. The quantitative estimate of drug-likeness (QED) is 0.204. The van der Waals surface area contributed by atoms with E-state index in [1.165, 1.54) is 11.8 Å². The Morgan fingerprint density at radius 2 is 1.83 bits per heavy atom. The van der Waals surface area contributed by atoms with Gasteiger partial charge < -0.3 is 4.74 Å². The number of hydrogen-bond acceptors (Lipinski definition) is 6. The largest absolute Gasteiger partial charge is 0.485 e. The van der Waals surface area contributed by atoms with Crippen LogP contribution in [0.25, 0.3) is 16.8 Å². The van der Waals surface area contributed by atoms with Crippen molar-refractivity contribution >= 4 is 17.4 Å². The number of ether oxygens (including phenoxy) is 1. The van der Waals surface area contributed by atoms with Crippen LogP contribution in [0.2, 0.25) is 0 Å². The van der Waals surface area contributed by atoms with Crippen molar-refractivity contribution in [3.63, 3.8) is 0 Å². The van der Waals surface area contributed by atoms with E-state index in [1.54, 1.807) is 22.7 Å². The molecule has 0 bridgehead atoms. The normalized spacial score (nSPS) is 11.0. The van der Waals surface area contributed by atoms with Gasteiger partial charge in [-0.1, -0.05) is 72.4 Å². The van der Waals surface area contributed by atoms with Crippen LogP contribution in [0.4, 0.5) is 0 Å². The van der Waals surface area contributed by atoms with Gasteiger partial charge in [-0.15, -0.1) is 16.8 Å². The number of pyridine rings is 1. The summed E-state index contributed by atoms with van der Waals surface area (Å²) in [6.07, 6.45) is 3.60. The number of hydrogen-bond donors (Lipinski definition) is 0. The van der Waals surface area contributed by atoms with Crippen molar-refractivity contribution in [3.05, 3.63) is 119 Å². The maximum atomic E-state index is 12.5. The summed E-state index contributed by atoms with van der Waals surface area (Å²) < 4.78 is 9.73. The van der Waals surface area contributed by atoms with Gasteiger partial charge in [-0.05, 0) is 30.2 Å². The van der Waals surface area contributed by atoms with Crippen molar-refractivity contribution in [2.24, 2.45) is 0 Å². The van der Waals surface area contributed by atoms with Gasteiger partial charge >= 0.3 is 0 Å². The molecule has 7 nitrogen and oxygen atoms in total. The predicted molar refractivity (Wildman–Crippen MR) is 142 cm³/mol. The molecule has 0 aliphatic carbocycles. The summed E-state index contributed by atoms with van der Waals surface area (Å²) in [5.74, 6) is 1.97. The van der Waals surface area contributed by atoms with Gasteiger partial charge in [-0.25, -0.2) is 4.98 Å². The van der Waals surface area contributed by atoms with E-state index in [2.05, 4.69) is 33.9 Å². The number of fused-ring (bicyclic) bond motifs is 1. The summed E-state index contributed by atoms with van der Waals surface area (Å²) in [7, 11) is 0. The van der Waals surface area contributed by atoms with Crippen LogP contribution in [0.1, 0.15) is 17.1 Å². The molecule has 5 aromatic rings. The molecule has 2 aromatic carbocycles. The first-order valence-corrected chi connectivity index (χ1v) is 12.5. The lowest BCUT2D eigenvalue weighted by Crippen LogP contribution is -2.15. The van der Waals surface area contributed by atoms with Gasteiger partial charge in [0.2, 0.25) is 0 Å². The van der Waals surface area contributed by atoms with Gasteiger partial charge in [0.05, 0.1) is 5.69 Å². The highest BCUT2D eigenvalue weighted by Gasteiger charge is 2.15. The third-order valence-electron chi connectivity index (χ3n) is 5.64. The molecule has 0 N–H and O–H groups in total. The minimum Gasteiger partial charge on any atom is -0.485 e. The number of thioether (sulfide) groups is 1. The molecular formula is C28H25N5O2S. The first-order chi connectivity index (χ1) is 17.6. The molecule has 0 radical (unpaired) electrons. The van der Waals surface area contributed by atoms with Gasteiger partial charge in [0.1, 0.15) is 18.0 Å². The topological polar surface area (TPSA) is 74.3 Å². The average molecular weight is 496 g/mol. The van der Waals surface area contributed by atoms with Crippen LogP contribution in [-0.4, -0.2) is 24.1 Å². The van der Waals surface area contributed by atoms with Crippen molar-refractivity contribution in [1.82, 2.24) is 24.1 Å². The van der Waals surface area contributed by atoms with Crippen LogP contribution in [0.3, 0.4) is 0 Å². The van der Waals surface area contributed by atoms with Crippen LogP contribution in [0, 0.1) is 6.92 Å². The molecule has 3 aromatic heterocycles. The molecule has 180 valence electrons. The van der Waals surface area contributed by atoms with Gasteiger partial charge in [0.15, 0.2) is 11.0 Å². The second-order valence-corrected chi connectivity index (χ2v) is 9.20. The Hall–Kier alpha value is -4.17. The van der Waals surface area contributed by atoms with E-state index in [1.807, 2.05) is 66.1 Å². The number of nitrogens with zero attached hydrogens (tertiary/aromatic N) is 5. The van der Waals surface area contributed by atoms with E-state index in [0.29, 0.717) is 29.5 Å². The van der Waals surface area contributed by atoms with Crippen LogP contribution in [0.5, 0.6) is 5.75 Å². The molecule has 3 heterocycles. The van der Waals surface area contributed by atoms with E-state index >= 15 is 0 Å². The van der Waals surface area contributed by atoms with Crippen molar-refractivity contribution in [3.8, 4) is 16.9 Å². The van der Waals surface area contributed by atoms with Crippen LogP contribution < -0.4 is 10.3 Å². The minimum absolute atomic E-state index is 0.0990. The average Bonchev–Trinajstić information content (AvgIpc) is 3.29. The Bertz CT molecular complexity index is 1580. The minimum atomic E-state index is -0.0990. The Morgan fingerprint density at radius 1 is 1.03 bits per heavy atom. The molecule has 5 rings (SSSR count). The lowest BCUT2D eigenvalue weighted by atomic mass is 10.1. The van der Waals surface area contributed by atoms with E-state index < -0.39 is 0 Å². The van der Waals surface area contributed by atoms with E-state index in [0.717, 1.165) is 27.6 Å². The second kappa shape index (κ2) is 10.6. The third kappa shape index (κ3) is 5.08. The fraction of sp³-hybridized carbons (Fsp3) is 0.143. The second-order valence-electron chi connectivity index (χ2n) is 8.26. The van der Waals surface area contributed by atoms with Crippen molar-refractivity contribution in [2.75, 3.05) is 0 Å². The Morgan fingerprint density at radius 3 is 2.67 bits per heavy atom. The summed E-state index contributed by atoms with van der Waals surface area (Å²) in [5.41, 5.74) is 4.33. The van der Waals surface area contributed by atoms with E-state index in [-0.39, 0.29) is 12.2 Å². The zero-order valence-corrected chi connectivity index (χ0v) is 20.7. The van der Waals surface area contributed by atoms with Gasteiger partial charge in [-0.3, -0.25) is 13.8 Å². The van der Waals surface area contributed by atoms with Gasteiger partial charge in [0, 0.05) is 30.1 Å². The monoisotopic (exact) mass is 495 g/mol. The molecule has 8 heteroatoms. The molecule has 0 unspecified atom stereocenters. The van der Waals surface area contributed by atoms with Crippen LogP contribution >= 0.6 is 11.8 Å². The molecule has 0 aliphatic rings. The first kappa shape index (κ1) is 23.6. The highest BCUT2D eigenvalue weighted by atomic mass is 32.2. The van der Waals surface area contributed by atoms with Gasteiger partial charge in [-0.2, -0.15) is 0 Å². The van der Waals surface area contributed by atoms with Crippen LogP contribution in [-0.2, 0) is 18.9 Å². The standard InChI is InChI=1S/C28H25N5O2S/c1-3-15-32-26(18-35-24-12-8-7-11-23(24)21-9-5-4-6-10-21)30-31-28(32)36-19-22-16-27(34)33-17-20(2)13-14-25(33)29-22/h3-14,16-17H,1,15,18-19H2,2H3. The number of allylic oxidation sites excluding steroid dienone is 1. The fourth-order valence-electron chi connectivity index (χ4n) is 3.91. The van der Waals surface area contributed by atoms with Crippen molar-refractivity contribution in [1.29, 1.82) is 0 Å². The van der Waals surface area contributed by atoms with E-state index in [4.69, 9.17) is 4.74 Å². The van der Waals surface area contributed by atoms with Crippen molar-refractivity contribution in [2.45, 2.75) is 31.0 Å². The first-order valence-electron chi connectivity index (χ1n) is 11.5. The van der Waals surface area contributed by atoms with Gasteiger partial charge in [0.25, 0.3) is 5.56 Å². The zero-order valence-electron chi connectivity index (χ0n) is 19.9. The summed E-state index contributed by atoms with van der Waals surface area (Å²) >= 11 is 1.48. The number of rotatable bonds is 9. The molecule has 0 atom stereocenters. The maximum absolute atomic E-state index is 12.5. The molecule has 0 fully saturated rings. The molecule has 0 aliphatic heterocycles. The molecule has 0 saturated heterocycles. The number of para-hydroxylation sites is 1. The van der Waals surface area contributed by atoms with Crippen molar-refractivity contribution < 1.29 is 4.74 Å². The highest BCUT2D eigenvalue weighted by molar-refractivity contribution is 7.98. The smallest absolute Gasteiger partial charge is 0.258 e. The summed E-state index contributed by atoms with van der Waals surface area (Å²) in [6, 6.07) is 23.5. The lowest BCUT2D eigenvalue weighted by molar-refractivity contribution is 0.290. The molecule has 0 spiro atoms. The molecule has 0 amide bonds. The Kier molecular flexibility index (Phi) is 6.95. The predicted octanol–water partition coefficient (Wildman–Crippen LogP) is 5.32. The maximum Gasteiger partial charge on any atom is 0.258 e. The Labute approximate surface area is 213 Å². The summed E-state index contributed by atoms with van der Waals surface area (Å²) in [5, 5.41) is 9.47. The molecular weight excluding hydrogens is 470 g/mol. The highest BCUT2D eigenvalue weighted by Crippen LogP contribution is 2.30. The SMILES string of the molecule is C=CCn1c(COc2ccccc2-c2ccccc2)nnc1SCc1cc(=O)n2cc(C)ccc2n1. The third-order valence-corrected chi connectivity index (χ3v) is 6.64. The number of aromatic nitrogens is 5. The van der Waals surface area contributed by atoms with E-state index in [9.17, 15) is 4.79 Å². The summed E-state index contributed by atoms with van der Waals surface area (Å²) in [6.45, 7) is 6.63.